The second kappa shape index (κ2) is 11.5. The van der Waals surface area contributed by atoms with Gasteiger partial charge in [-0.3, -0.25) is 9.59 Å². The van der Waals surface area contributed by atoms with Crippen LogP contribution in [0.4, 0.5) is 0 Å². The van der Waals surface area contributed by atoms with Gasteiger partial charge in [0.05, 0.1) is 31.2 Å². The van der Waals surface area contributed by atoms with Crippen LogP contribution in [-0.4, -0.2) is 37.7 Å². The first-order valence-electron chi connectivity index (χ1n) is 10.5. The average Bonchev–Trinajstić information content (AvgIpc) is 2.69. The van der Waals surface area contributed by atoms with Gasteiger partial charge in [0.1, 0.15) is 0 Å². The molecule has 1 aliphatic carbocycles. The van der Waals surface area contributed by atoms with Crippen molar-refractivity contribution < 1.29 is 23.8 Å². The third-order valence-corrected chi connectivity index (χ3v) is 4.74. The Balaban J connectivity index is 1.93. The van der Waals surface area contributed by atoms with Crippen LogP contribution < -0.4 is 14.8 Å². The number of benzene rings is 1. The molecule has 0 saturated carbocycles. The average molecular weight is 404 g/mol. The highest BCUT2D eigenvalue weighted by Crippen LogP contribution is 2.29. The third-order valence-electron chi connectivity index (χ3n) is 4.74. The van der Waals surface area contributed by atoms with E-state index in [2.05, 4.69) is 5.32 Å². The lowest BCUT2D eigenvalue weighted by Gasteiger charge is -2.26. The van der Waals surface area contributed by atoms with Crippen LogP contribution in [0, 0.1) is 11.8 Å². The van der Waals surface area contributed by atoms with Crippen molar-refractivity contribution in [2.75, 3.05) is 19.8 Å². The van der Waals surface area contributed by atoms with Crippen LogP contribution in [0.25, 0.3) is 0 Å². The Bertz CT molecular complexity index is 713. The highest BCUT2D eigenvalue weighted by Gasteiger charge is 2.35. The molecule has 0 bridgehead atoms. The molecular weight excluding hydrogens is 370 g/mol. The number of carbonyl (C=O) groups is 2. The fourth-order valence-electron chi connectivity index (χ4n) is 3.40. The Morgan fingerprint density at radius 2 is 1.69 bits per heavy atom. The zero-order chi connectivity index (χ0) is 21.2. The predicted molar refractivity (Wildman–Crippen MR) is 112 cm³/mol. The molecule has 1 amide bonds. The molecule has 0 spiro atoms. The largest absolute Gasteiger partial charge is 0.490 e. The maximum absolute atomic E-state index is 12.7. The maximum Gasteiger partial charge on any atom is 0.310 e. The van der Waals surface area contributed by atoms with E-state index in [0.717, 1.165) is 11.3 Å². The molecule has 0 fully saturated rings. The molecule has 1 aromatic carbocycles. The number of rotatable bonds is 10. The SMILES string of the molecule is CCOc1ccc(CCNC(=O)[C@H]2CC=CC[C@@H]2C(=O)OC(C)C)cc1OCC. The highest BCUT2D eigenvalue weighted by atomic mass is 16.5. The molecule has 29 heavy (non-hydrogen) atoms. The van der Waals surface area contributed by atoms with Gasteiger partial charge in [0.15, 0.2) is 11.5 Å². The fraction of sp³-hybridized carbons (Fsp3) is 0.565. The van der Waals surface area contributed by atoms with Gasteiger partial charge in [-0.15, -0.1) is 0 Å². The summed E-state index contributed by atoms with van der Waals surface area (Å²) in [5, 5.41) is 2.98. The molecule has 0 aliphatic heterocycles. The third kappa shape index (κ3) is 6.80. The van der Waals surface area contributed by atoms with Gasteiger partial charge in [-0.05, 0) is 64.7 Å². The van der Waals surface area contributed by atoms with Gasteiger partial charge in [-0.1, -0.05) is 18.2 Å². The molecule has 1 aromatic rings. The summed E-state index contributed by atoms with van der Waals surface area (Å²) in [6, 6.07) is 5.83. The van der Waals surface area contributed by atoms with Crippen LogP contribution in [0.2, 0.25) is 0 Å². The van der Waals surface area contributed by atoms with Crippen molar-refractivity contribution in [3.05, 3.63) is 35.9 Å². The van der Waals surface area contributed by atoms with Gasteiger partial charge >= 0.3 is 5.97 Å². The second-order valence-corrected chi connectivity index (χ2v) is 7.33. The van der Waals surface area contributed by atoms with Crippen LogP contribution in [0.3, 0.4) is 0 Å². The number of amides is 1. The van der Waals surface area contributed by atoms with Crippen LogP contribution in [-0.2, 0) is 20.7 Å². The summed E-state index contributed by atoms with van der Waals surface area (Å²) in [5.74, 6) is 0.242. The first-order valence-corrected chi connectivity index (χ1v) is 10.5. The number of esters is 1. The van der Waals surface area contributed by atoms with E-state index in [1.54, 1.807) is 0 Å². The number of ether oxygens (including phenoxy) is 3. The Kier molecular flexibility index (Phi) is 9.03. The molecule has 160 valence electrons. The molecule has 1 N–H and O–H groups in total. The molecule has 2 atom stereocenters. The van der Waals surface area contributed by atoms with Crippen LogP contribution in [0.1, 0.15) is 46.1 Å². The molecule has 2 rings (SSSR count). The van der Waals surface area contributed by atoms with Crippen molar-refractivity contribution in [1.82, 2.24) is 5.32 Å². The van der Waals surface area contributed by atoms with Crippen molar-refractivity contribution in [3.8, 4) is 11.5 Å². The fourth-order valence-corrected chi connectivity index (χ4v) is 3.40. The Morgan fingerprint density at radius 1 is 1.03 bits per heavy atom. The number of allylic oxidation sites excluding steroid dienone is 2. The summed E-state index contributed by atoms with van der Waals surface area (Å²) in [7, 11) is 0. The molecule has 0 heterocycles. The molecule has 6 heteroatoms. The predicted octanol–water partition coefficient (Wildman–Crippen LogP) is 3.68. The molecular formula is C23H33NO5. The van der Waals surface area contributed by atoms with Gasteiger partial charge in [0, 0.05) is 6.54 Å². The number of carbonyl (C=O) groups excluding carboxylic acids is 2. The van der Waals surface area contributed by atoms with E-state index in [1.165, 1.54) is 0 Å². The summed E-state index contributed by atoms with van der Waals surface area (Å²) in [5.41, 5.74) is 1.05. The molecule has 6 nitrogen and oxygen atoms in total. The topological polar surface area (TPSA) is 73.9 Å². The van der Waals surface area contributed by atoms with Crippen LogP contribution in [0.15, 0.2) is 30.4 Å². The van der Waals surface area contributed by atoms with Gasteiger partial charge in [0.25, 0.3) is 0 Å². The molecule has 0 unspecified atom stereocenters. The monoisotopic (exact) mass is 403 g/mol. The summed E-state index contributed by atoms with van der Waals surface area (Å²) in [6.07, 6.45) is 5.50. The van der Waals surface area contributed by atoms with Gasteiger partial charge in [0.2, 0.25) is 5.91 Å². The van der Waals surface area contributed by atoms with Crippen molar-refractivity contribution in [3.63, 3.8) is 0 Å². The van der Waals surface area contributed by atoms with E-state index < -0.39 is 5.92 Å². The van der Waals surface area contributed by atoms with Gasteiger partial charge in [-0.25, -0.2) is 0 Å². The van der Waals surface area contributed by atoms with Crippen molar-refractivity contribution >= 4 is 11.9 Å². The van der Waals surface area contributed by atoms with Crippen molar-refractivity contribution in [2.24, 2.45) is 11.8 Å². The lowest BCUT2D eigenvalue weighted by molar-refractivity contribution is -0.156. The molecule has 1 aliphatic rings. The Morgan fingerprint density at radius 3 is 2.34 bits per heavy atom. The van der Waals surface area contributed by atoms with Gasteiger partial charge < -0.3 is 19.5 Å². The van der Waals surface area contributed by atoms with Gasteiger partial charge in [-0.2, -0.15) is 0 Å². The van der Waals surface area contributed by atoms with E-state index >= 15 is 0 Å². The quantitative estimate of drug-likeness (QED) is 0.477. The lowest BCUT2D eigenvalue weighted by atomic mass is 9.82. The molecule has 0 saturated heterocycles. The summed E-state index contributed by atoms with van der Waals surface area (Å²) in [6.45, 7) is 9.13. The van der Waals surface area contributed by atoms with Crippen molar-refractivity contribution in [2.45, 2.75) is 53.1 Å². The zero-order valence-corrected chi connectivity index (χ0v) is 17.9. The van der Waals surface area contributed by atoms with E-state index in [1.807, 2.05) is 58.0 Å². The summed E-state index contributed by atoms with van der Waals surface area (Å²) >= 11 is 0. The standard InChI is InChI=1S/C23H33NO5/c1-5-27-20-12-11-17(15-21(20)28-6-2)13-14-24-22(25)18-9-7-8-10-19(18)23(26)29-16(3)4/h7-8,11-12,15-16,18-19H,5-6,9-10,13-14H2,1-4H3,(H,24,25)/t18-,19-/m0/s1. The van der Waals surface area contributed by atoms with E-state index in [-0.39, 0.29) is 23.9 Å². The van der Waals surface area contributed by atoms with E-state index in [0.29, 0.717) is 44.8 Å². The first-order chi connectivity index (χ1) is 14.0. The second-order valence-electron chi connectivity index (χ2n) is 7.33. The lowest BCUT2D eigenvalue weighted by Crippen LogP contribution is -2.40. The Labute approximate surface area is 173 Å². The van der Waals surface area contributed by atoms with Crippen molar-refractivity contribution in [1.29, 1.82) is 0 Å². The minimum atomic E-state index is -0.419. The number of hydrogen-bond donors (Lipinski definition) is 1. The maximum atomic E-state index is 12.7. The minimum absolute atomic E-state index is 0.101. The highest BCUT2D eigenvalue weighted by molar-refractivity contribution is 5.86. The first kappa shape index (κ1) is 22.8. The van der Waals surface area contributed by atoms with Crippen LogP contribution in [0.5, 0.6) is 11.5 Å². The minimum Gasteiger partial charge on any atom is -0.490 e. The normalized spacial score (nSPS) is 18.4. The summed E-state index contributed by atoms with van der Waals surface area (Å²) in [4.78, 5) is 25.0. The molecule has 0 radical (unpaired) electrons. The number of hydrogen-bond acceptors (Lipinski definition) is 5. The summed E-state index contributed by atoms with van der Waals surface area (Å²) < 4.78 is 16.6. The van der Waals surface area contributed by atoms with Crippen LogP contribution >= 0.6 is 0 Å². The zero-order valence-electron chi connectivity index (χ0n) is 17.9. The molecule has 0 aromatic heterocycles. The Hall–Kier alpha value is -2.50. The van der Waals surface area contributed by atoms with E-state index in [9.17, 15) is 9.59 Å². The number of nitrogens with one attached hydrogen (secondary N) is 1. The smallest absolute Gasteiger partial charge is 0.310 e. The van der Waals surface area contributed by atoms with E-state index in [4.69, 9.17) is 14.2 Å².